The molecule has 3 aromatic rings. The van der Waals surface area contributed by atoms with Crippen molar-refractivity contribution in [2.24, 2.45) is 11.8 Å². The fraction of sp³-hybridized carbons (Fsp3) is 0.366. The zero-order valence-electron chi connectivity index (χ0n) is 29.1. The van der Waals surface area contributed by atoms with E-state index in [0.717, 1.165) is 5.56 Å². The largest absolute Gasteiger partial charge is 0.455 e. The Morgan fingerprint density at radius 1 is 0.923 bits per heavy atom. The van der Waals surface area contributed by atoms with Gasteiger partial charge in [0, 0.05) is 30.7 Å². The van der Waals surface area contributed by atoms with Crippen LogP contribution in [0.3, 0.4) is 0 Å². The number of fused-ring (bicyclic) bond motifs is 2. The van der Waals surface area contributed by atoms with E-state index in [0.29, 0.717) is 22.7 Å². The summed E-state index contributed by atoms with van der Waals surface area (Å²) >= 11 is 6.24. The van der Waals surface area contributed by atoms with Crippen LogP contribution in [0.4, 0.5) is 5.69 Å². The van der Waals surface area contributed by atoms with Crippen LogP contribution in [0, 0.1) is 11.8 Å². The molecule has 4 aliphatic rings. The summed E-state index contributed by atoms with van der Waals surface area (Å²) in [6.45, 7) is 1.53. The minimum Gasteiger partial charge on any atom is -0.455 e. The fourth-order valence-electron chi connectivity index (χ4n) is 8.18. The zero-order chi connectivity index (χ0) is 36.6. The van der Waals surface area contributed by atoms with Gasteiger partial charge in [-0.3, -0.25) is 19.2 Å². The summed E-state index contributed by atoms with van der Waals surface area (Å²) in [6.07, 6.45) is 6.39. The van der Waals surface area contributed by atoms with Gasteiger partial charge in [0.15, 0.2) is 0 Å². The number of amides is 3. The molecule has 5 bridgehead atoms. The van der Waals surface area contributed by atoms with E-state index in [-0.39, 0.29) is 25.3 Å². The molecule has 0 aliphatic carbocycles. The van der Waals surface area contributed by atoms with Crippen LogP contribution in [-0.4, -0.2) is 88.6 Å². The molecule has 8 atom stereocenters. The summed E-state index contributed by atoms with van der Waals surface area (Å²) in [5.41, 5.74) is 0.604. The summed E-state index contributed by atoms with van der Waals surface area (Å²) in [5, 5.41) is 11.4. The molecule has 52 heavy (non-hydrogen) atoms. The fourth-order valence-corrected chi connectivity index (χ4v) is 8.31. The molecule has 4 aliphatic heterocycles. The van der Waals surface area contributed by atoms with Crippen molar-refractivity contribution in [3.8, 4) is 0 Å². The van der Waals surface area contributed by atoms with Crippen molar-refractivity contribution < 1.29 is 33.8 Å². The molecule has 0 radical (unpaired) electrons. The van der Waals surface area contributed by atoms with Gasteiger partial charge in [0.25, 0.3) is 5.91 Å². The number of rotatable bonds is 6. The first kappa shape index (κ1) is 35.6. The van der Waals surface area contributed by atoms with Crippen LogP contribution in [-0.2, 0) is 35.1 Å². The van der Waals surface area contributed by atoms with Crippen LogP contribution in [0.1, 0.15) is 37.0 Å². The Morgan fingerprint density at radius 2 is 1.62 bits per heavy atom. The first-order valence-electron chi connectivity index (χ1n) is 17.7. The third kappa shape index (κ3) is 6.33. The van der Waals surface area contributed by atoms with Crippen LogP contribution >= 0.6 is 11.6 Å². The smallest absolute Gasteiger partial charge is 0.313 e. The van der Waals surface area contributed by atoms with Crippen molar-refractivity contribution in [1.82, 2.24) is 9.80 Å². The molecular weight excluding hydrogens is 682 g/mol. The normalized spacial score (nSPS) is 30.4. The van der Waals surface area contributed by atoms with Gasteiger partial charge in [-0.1, -0.05) is 96.6 Å². The summed E-state index contributed by atoms with van der Waals surface area (Å²) in [4.78, 5) is 62.7. The van der Waals surface area contributed by atoms with E-state index < -0.39 is 72.2 Å². The van der Waals surface area contributed by atoms with Crippen molar-refractivity contribution in [2.45, 2.75) is 62.1 Å². The standard InChI is InChI=1S/C41H42ClN3O7/c1-26-36(28-14-8-4-9-15-28)51-40(50)34-32-21-22-41(52-32)35(34)38(48)45(31(25-46)24-27-12-6-3-7-13-27)37(41)39(49)44(30-19-17-29(42)18-20-30)23-11-5-10-16-33(47)43(26)2/h3-9,11-15,17-22,26,31-32,34-37,46H,10,16,23-25H2,1-2H3/b11-5-/t26-,31-,32+,34-,35-,36+,37+,41-/m1/s1. The molecule has 0 unspecified atom stereocenters. The Bertz CT molecular complexity index is 1870. The lowest BCUT2D eigenvalue weighted by molar-refractivity contribution is -0.164. The van der Waals surface area contributed by atoms with Gasteiger partial charge in [0.05, 0.1) is 30.7 Å². The molecule has 11 heteroatoms. The SMILES string of the molecule is C[C@@H]1[C@@H](c2ccccc2)OC(=O)[C@@H]2[C@@H]3C=C[C@]4(O3)[C@H](C(=O)N(c3ccc(Cl)cc3)C/C=C\CCC(=O)N1C)N([C@@H](CO)Cc1ccccc1)C(=O)[C@@H]24. The average molecular weight is 724 g/mol. The van der Waals surface area contributed by atoms with E-state index >= 15 is 4.79 Å². The number of ether oxygens (including phenoxy) is 2. The predicted molar refractivity (Wildman–Crippen MR) is 195 cm³/mol. The van der Waals surface area contributed by atoms with E-state index in [1.165, 1.54) is 4.90 Å². The van der Waals surface area contributed by atoms with Crippen molar-refractivity contribution in [3.63, 3.8) is 0 Å². The second-order valence-electron chi connectivity index (χ2n) is 13.9. The van der Waals surface area contributed by atoms with Crippen LogP contribution in [0.25, 0.3) is 0 Å². The summed E-state index contributed by atoms with van der Waals surface area (Å²) in [6, 6.07) is 22.9. The molecule has 7 rings (SSSR count). The molecule has 270 valence electrons. The van der Waals surface area contributed by atoms with Crippen LogP contribution < -0.4 is 4.90 Å². The van der Waals surface area contributed by atoms with Gasteiger partial charge in [-0.15, -0.1) is 0 Å². The molecule has 0 aromatic heterocycles. The number of hydrogen-bond acceptors (Lipinski definition) is 7. The first-order chi connectivity index (χ1) is 25.1. The number of cyclic esters (lactones) is 1. The molecule has 2 fully saturated rings. The Labute approximate surface area is 308 Å². The topological polar surface area (TPSA) is 117 Å². The summed E-state index contributed by atoms with van der Waals surface area (Å²) in [7, 11) is 1.69. The third-order valence-electron chi connectivity index (χ3n) is 10.9. The Morgan fingerprint density at radius 3 is 2.31 bits per heavy atom. The van der Waals surface area contributed by atoms with Gasteiger partial charge in [-0.05, 0) is 55.2 Å². The van der Waals surface area contributed by atoms with E-state index in [1.807, 2.05) is 79.7 Å². The zero-order valence-corrected chi connectivity index (χ0v) is 29.8. The highest BCUT2D eigenvalue weighted by Crippen LogP contribution is 2.56. The van der Waals surface area contributed by atoms with Gasteiger partial charge in [-0.25, -0.2) is 0 Å². The lowest BCUT2D eigenvalue weighted by atomic mass is 9.74. The van der Waals surface area contributed by atoms with E-state index in [4.69, 9.17) is 21.1 Å². The van der Waals surface area contributed by atoms with Crippen LogP contribution in [0.5, 0.6) is 0 Å². The van der Waals surface area contributed by atoms with E-state index in [9.17, 15) is 19.5 Å². The number of nitrogens with zero attached hydrogens (tertiary/aromatic N) is 3. The number of carbonyl (C=O) groups is 4. The maximum absolute atomic E-state index is 15.2. The van der Waals surface area contributed by atoms with Gasteiger partial charge < -0.3 is 29.3 Å². The third-order valence-corrected chi connectivity index (χ3v) is 11.2. The number of allylic oxidation sites excluding steroid dienone is 1. The second-order valence-corrected chi connectivity index (χ2v) is 14.4. The maximum Gasteiger partial charge on any atom is 0.313 e. The van der Waals surface area contributed by atoms with Crippen molar-refractivity contribution in [3.05, 3.63) is 125 Å². The predicted octanol–water partition coefficient (Wildman–Crippen LogP) is 4.91. The number of hydrogen-bond donors (Lipinski definition) is 1. The first-order valence-corrected chi connectivity index (χ1v) is 18.1. The summed E-state index contributed by atoms with van der Waals surface area (Å²) < 4.78 is 13.0. The lowest BCUT2D eigenvalue weighted by Crippen LogP contribution is -2.59. The Kier molecular flexibility index (Phi) is 10.1. The highest BCUT2D eigenvalue weighted by molar-refractivity contribution is 6.30. The van der Waals surface area contributed by atoms with Gasteiger partial charge in [0.1, 0.15) is 23.7 Å². The number of aliphatic hydroxyl groups excluding tert-OH is 1. The number of halogens is 1. The number of likely N-dealkylation sites (tertiary alicyclic amines) is 1. The quantitative estimate of drug-likeness (QED) is 0.284. The van der Waals surface area contributed by atoms with E-state index in [2.05, 4.69) is 0 Å². The highest BCUT2D eigenvalue weighted by Gasteiger charge is 2.74. The minimum absolute atomic E-state index is 0.122. The molecule has 10 nitrogen and oxygen atoms in total. The second kappa shape index (κ2) is 14.7. The number of esters is 1. The molecule has 2 saturated heterocycles. The van der Waals surface area contributed by atoms with Gasteiger partial charge in [-0.2, -0.15) is 0 Å². The van der Waals surface area contributed by atoms with Crippen molar-refractivity contribution in [1.29, 1.82) is 0 Å². The Balaban J connectivity index is 1.36. The van der Waals surface area contributed by atoms with E-state index in [1.54, 1.807) is 53.3 Å². The van der Waals surface area contributed by atoms with Crippen molar-refractivity contribution in [2.75, 3.05) is 25.1 Å². The number of likely N-dealkylation sites (N-methyl/N-ethyl adjacent to an activating group) is 1. The number of carbonyl (C=O) groups excluding carboxylic acids is 4. The van der Waals surface area contributed by atoms with Crippen LogP contribution in [0.15, 0.2) is 109 Å². The molecule has 4 heterocycles. The molecule has 0 saturated carbocycles. The van der Waals surface area contributed by atoms with Gasteiger partial charge in [0.2, 0.25) is 11.8 Å². The monoisotopic (exact) mass is 723 g/mol. The molecular formula is C41H42ClN3O7. The average Bonchev–Trinajstić information content (AvgIpc) is 3.81. The lowest BCUT2D eigenvalue weighted by Gasteiger charge is -2.39. The number of aliphatic hydroxyl groups is 1. The van der Waals surface area contributed by atoms with Gasteiger partial charge >= 0.3 is 5.97 Å². The summed E-state index contributed by atoms with van der Waals surface area (Å²) in [5.74, 6) is -3.87. The maximum atomic E-state index is 15.2. The molecule has 3 aromatic carbocycles. The number of anilines is 1. The molecule has 1 spiro atoms. The molecule has 1 N–H and O–H groups in total. The molecule has 3 amide bonds. The van der Waals surface area contributed by atoms with Crippen molar-refractivity contribution >= 4 is 41.0 Å². The minimum atomic E-state index is -1.50. The Hall–Kier alpha value is -4.77. The number of benzene rings is 3. The van der Waals surface area contributed by atoms with Crippen LogP contribution in [0.2, 0.25) is 5.02 Å². The highest BCUT2D eigenvalue weighted by atomic mass is 35.5.